The van der Waals surface area contributed by atoms with E-state index in [4.69, 9.17) is 22.1 Å². The lowest BCUT2D eigenvalue weighted by Crippen LogP contribution is -2.03. The summed E-state index contributed by atoms with van der Waals surface area (Å²) in [5.41, 5.74) is 8.72. The van der Waals surface area contributed by atoms with Crippen molar-refractivity contribution >= 4 is 28.6 Å². The summed E-state index contributed by atoms with van der Waals surface area (Å²) in [5, 5.41) is 0.588. The number of methoxy groups -OCH3 is 1. The zero-order valence-corrected chi connectivity index (χ0v) is 12.3. The molecule has 6 heteroatoms. The standard InChI is InChI=1S/C15H13ClFN3O/c1-8-5-13(14(21-2)7-10(8)16)20-12-6-9(17)3-4-11(12)19-15(20)18/h3-7H,1-2H3,(H2,18,19). The maximum atomic E-state index is 13.5. The number of halogens is 2. The SMILES string of the molecule is COc1cc(Cl)c(C)cc1-n1c(N)nc2ccc(F)cc21. The molecule has 2 N–H and O–H groups in total. The Morgan fingerprint density at radius 2 is 2.05 bits per heavy atom. The Labute approximate surface area is 125 Å². The number of hydrogen-bond donors (Lipinski definition) is 1. The van der Waals surface area contributed by atoms with Crippen LogP contribution in [0, 0.1) is 12.7 Å². The molecule has 0 amide bonds. The lowest BCUT2D eigenvalue weighted by molar-refractivity contribution is 0.413. The van der Waals surface area contributed by atoms with Gasteiger partial charge in [0.2, 0.25) is 5.95 Å². The predicted octanol–water partition coefficient (Wildman–Crippen LogP) is 3.72. The average molecular weight is 306 g/mol. The fourth-order valence-electron chi connectivity index (χ4n) is 2.31. The molecule has 2 aromatic carbocycles. The Morgan fingerprint density at radius 3 is 2.76 bits per heavy atom. The summed E-state index contributed by atoms with van der Waals surface area (Å²) in [6.07, 6.45) is 0. The highest BCUT2D eigenvalue weighted by Gasteiger charge is 2.16. The molecule has 0 saturated carbocycles. The molecule has 4 nitrogen and oxygen atoms in total. The summed E-state index contributed by atoms with van der Waals surface area (Å²) in [4.78, 5) is 4.24. The van der Waals surface area contributed by atoms with E-state index < -0.39 is 0 Å². The summed E-state index contributed by atoms with van der Waals surface area (Å²) < 4.78 is 20.5. The number of rotatable bonds is 2. The zero-order valence-electron chi connectivity index (χ0n) is 11.5. The van der Waals surface area contributed by atoms with E-state index in [2.05, 4.69) is 4.98 Å². The van der Waals surface area contributed by atoms with Gasteiger partial charge < -0.3 is 10.5 Å². The highest BCUT2D eigenvalue weighted by molar-refractivity contribution is 6.31. The molecule has 0 radical (unpaired) electrons. The van der Waals surface area contributed by atoms with E-state index in [1.807, 2.05) is 13.0 Å². The largest absolute Gasteiger partial charge is 0.495 e. The van der Waals surface area contributed by atoms with Crippen molar-refractivity contribution in [1.82, 2.24) is 9.55 Å². The Balaban J connectivity index is 2.37. The number of nitrogen functional groups attached to an aromatic ring is 1. The van der Waals surface area contributed by atoms with Gasteiger partial charge in [-0.25, -0.2) is 9.37 Å². The predicted molar refractivity (Wildman–Crippen MR) is 81.7 cm³/mol. The van der Waals surface area contributed by atoms with Crippen LogP contribution in [0.1, 0.15) is 5.56 Å². The summed E-state index contributed by atoms with van der Waals surface area (Å²) >= 11 is 6.11. The first-order chi connectivity index (χ1) is 10.0. The van der Waals surface area contributed by atoms with Crippen molar-refractivity contribution in [1.29, 1.82) is 0 Å². The highest BCUT2D eigenvalue weighted by atomic mass is 35.5. The van der Waals surface area contributed by atoms with E-state index in [0.29, 0.717) is 27.5 Å². The maximum absolute atomic E-state index is 13.5. The van der Waals surface area contributed by atoms with Gasteiger partial charge in [0.25, 0.3) is 0 Å². The number of benzene rings is 2. The van der Waals surface area contributed by atoms with Gasteiger partial charge in [0.1, 0.15) is 11.6 Å². The molecule has 0 aliphatic heterocycles. The van der Waals surface area contributed by atoms with Gasteiger partial charge in [-0.05, 0) is 30.7 Å². The number of aryl methyl sites for hydroxylation is 1. The molecule has 0 aliphatic rings. The van der Waals surface area contributed by atoms with E-state index in [0.717, 1.165) is 5.56 Å². The maximum Gasteiger partial charge on any atom is 0.206 e. The third-order valence-electron chi connectivity index (χ3n) is 3.34. The van der Waals surface area contributed by atoms with Gasteiger partial charge >= 0.3 is 0 Å². The summed E-state index contributed by atoms with van der Waals surface area (Å²) in [6, 6.07) is 7.87. The summed E-state index contributed by atoms with van der Waals surface area (Å²) in [6.45, 7) is 1.88. The second kappa shape index (κ2) is 4.93. The second-order valence-electron chi connectivity index (χ2n) is 4.71. The molecule has 0 unspecified atom stereocenters. The number of fused-ring (bicyclic) bond motifs is 1. The van der Waals surface area contributed by atoms with Crippen molar-refractivity contribution in [2.75, 3.05) is 12.8 Å². The van der Waals surface area contributed by atoms with Gasteiger partial charge in [-0.3, -0.25) is 4.57 Å². The fraction of sp³-hybridized carbons (Fsp3) is 0.133. The van der Waals surface area contributed by atoms with E-state index in [9.17, 15) is 4.39 Å². The zero-order chi connectivity index (χ0) is 15.1. The van der Waals surface area contributed by atoms with Gasteiger partial charge in [-0.1, -0.05) is 11.6 Å². The molecule has 3 aromatic rings. The molecule has 3 rings (SSSR count). The van der Waals surface area contributed by atoms with E-state index in [1.165, 1.54) is 12.1 Å². The van der Waals surface area contributed by atoms with Crippen LogP contribution in [0.5, 0.6) is 5.75 Å². The van der Waals surface area contributed by atoms with Crippen LogP contribution in [0.2, 0.25) is 5.02 Å². The average Bonchev–Trinajstić information content (AvgIpc) is 2.76. The third kappa shape index (κ3) is 2.19. The minimum Gasteiger partial charge on any atom is -0.495 e. The van der Waals surface area contributed by atoms with Crippen molar-refractivity contribution in [3.8, 4) is 11.4 Å². The molecular weight excluding hydrogens is 293 g/mol. The summed E-state index contributed by atoms with van der Waals surface area (Å²) in [5.74, 6) is 0.449. The molecule has 108 valence electrons. The third-order valence-corrected chi connectivity index (χ3v) is 3.75. The fourth-order valence-corrected chi connectivity index (χ4v) is 2.46. The van der Waals surface area contributed by atoms with Gasteiger partial charge in [0, 0.05) is 17.2 Å². The Morgan fingerprint density at radius 1 is 1.29 bits per heavy atom. The quantitative estimate of drug-likeness (QED) is 0.785. The topological polar surface area (TPSA) is 53.1 Å². The normalized spacial score (nSPS) is 11.0. The van der Waals surface area contributed by atoms with Gasteiger partial charge in [-0.15, -0.1) is 0 Å². The second-order valence-corrected chi connectivity index (χ2v) is 5.12. The molecule has 0 saturated heterocycles. The lowest BCUT2D eigenvalue weighted by atomic mass is 10.2. The van der Waals surface area contributed by atoms with Crippen LogP contribution in [0.4, 0.5) is 10.3 Å². The first-order valence-corrected chi connectivity index (χ1v) is 6.67. The van der Waals surface area contributed by atoms with Crippen molar-refractivity contribution < 1.29 is 9.13 Å². The monoisotopic (exact) mass is 305 g/mol. The number of imidazole rings is 1. The van der Waals surface area contributed by atoms with E-state index in [1.54, 1.807) is 23.8 Å². The van der Waals surface area contributed by atoms with Crippen molar-refractivity contribution in [3.63, 3.8) is 0 Å². The molecule has 0 atom stereocenters. The molecule has 1 heterocycles. The van der Waals surface area contributed by atoms with Crippen molar-refractivity contribution in [2.24, 2.45) is 0 Å². The molecule has 21 heavy (non-hydrogen) atoms. The van der Waals surface area contributed by atoms with Gasteiger partial charge in [-0.2, -0.15) is 0 Å². The van der Waals surface area contributed by atoms with E-state index >= 15 is 0 Å². The smallest absolute Gasteiger partial charge is 0.206 e. The molecule has 0 fully saturated rings. The van der Waals surface area contributed by atoms with Gasteiger partial charge in [0.15, 0.2) is 0 Å². The van der Waals surface area contributed by atoms with Crippen LogP contribution in [0.3, 0.4) is 0 Å². The molecule has 0 aliphatic carbocycles. The van der Waals surface area contributed by atoms with Crippen LogP contribution >= 0.6 is 11.6 Å². The minimum atomic E-state index is -0.353. The van der Waals surface area contributed by atoms with Crippen LogP contribution in [0.25, 0.3) is 16.7 Å². The number of aromatic nitrogens is 2. The first-order valence-electron chi connectivity index (χ1n) is 6.29. The van der Waals surface area contributed by atoms with Crippen LogP contribution < -0.4 is 10.5 Å². The Hall–Kier alpha value is -2.27. The lowest BCUT2D eigenvalue weighted by Gasteiger charge is -2.13. The molecule has 1 aromatic heterocycles. The number of nitrogens with two attached hydrogens (primary N) is 1. The van der Waals surface area contributed by atoms with Crippen LogP contribution in [-0.4, -0.2) is 16.7 Å². The summed E-state index contributed by atoms with van der Waals surface area (Å²) in [7, 11) is 1.54. The number of anilines is 1. The van der Waals surface area contributed by atoms with Crippen LogP contribution in [-0.2, 0) is 0 Å². The molecular formula is C15H13ClFN3O. The minimum absolute atomic E-state index is 0.260. The molecule has 0 bridgehead atoms. The van der Waals surface area contributed by atoms with Crippen molar-refractivity contribution in [3.05, 3.63) is 46.7 Å². The number of ether oxygens (including phenoxy) is 1. The number of hydrogen-bond acceptors (Lipinski definition) is 3. The Kier molecular flexibility index (Phi) is 3.22. The van der Waals surface area contributed by atoms with Crippen LogP contribution in [0.15, 0.2) is 30.3 Å². The molecule has 0 spiro atoms. The first kappa shape index (κ1) is 13.7. The Bertz CT molecular complexity index is 845. The van der Waals surface area contributed by atoms with Crippen molar-refractivity contribution in [2.45, 2.75) is 6.92 Å². The highest BCUT2D eigenvalue weighted by Crippen LogP contribution is 2.33. The number of nitrogens with zero attached hydrogens (tertiary/aromatic N) is 2. The van der Waals surface area contributed by atoms with E-state index in [-0.39, 0.29) is 11.8 Å². The van der Waals surface area contributed by atoms with Gasteiger partial charge in [0.05, 0.1) is 23.8 Å².